The molecule has 0 unspecified atom stereocenters. The summed E-state index contributed by atoms with van der Waals surface area (Å²) < 4.78 is 52.9. The monoisotopic (exact) mass is 509 g/mol. The van der Waals surface area contributed by atoms with Crippen LogP contribution in [-0.4, -0.2) is 56.6 Å². The maximum atomic E-state index is 13.8. The average Bonchev–Trinajstić information content (AvgIpc) is 2.81. The van der Waals surface area contributed by atoms with Crippen LogP contribution in [-0.2, 0) is 26.0 Å². The van der Waals surface area contributed by atoms with Crippen LogP contribution in [0.3, 0.4) is 0 Å². The lowest BCUT2D eigenvalue weighted by Gasteiger charge is -2.33. The third kappa shape index (κ3) is 8.02. The second kappa shape index (κ2) is 12.6. The van der Waals surface area contributed by atoms with Crippen molar-refractivity contribution < 1.29 is 26.8 Å². The molecule has 2 aromatic rings. The van der Waals surface area contributed by atoms with Gasteiger partial charge < -0.3 is 10.2 Å². The lowest BCUT2D eigenvalue weighted by atomic mass is 10.1. The van der Waals surface area contributed by atoms with Gasteiger partial charge in [-0.1, -0.05) is 44.2 Å². The van der Waals surface area contributed by atoms with Crippen molar-refractivity contribution in [2.24, 2.45) is 0 Å². The van der Waals surface area contributed by atoms with E-state index in [0.717, 1.165) is 30.0 Å². The predicted octanol–water partition coefficient (Wildman–Crippen LogP) is 3.50. The maximum absolute atomic E-state index is 13.8. The number of hydrogen-bond donors (Lipinski definition) is 1. The summed E-state index contributed by atoms with van der Waals surface area (Å²) in [7, 11) is -4.02. The van der Waals surface area contributed by atoms with E-state index in [4.69, 9.17) is 0 Å². The van der Waals surface area contributed by atoms with Crippen LogP contribution in [0.15, 0.2) is 48.5 Å². The number of halogens is 2. The summed E-state index contributed by atoms with van der Waals surface area (Å²) in [5.41, 5.74) is 0.767. The Balaban J connectivity index is 2.38. The topological polar surface area (TPSA) is 86.8 Å². The van der Waals surface area contributed by atoms with E-state index in [1.54, 1.807) is 6.92 Å². The van der Waals surface area contributed by atoms with E-state index < -0.39 is 40.2 Å². The Morgan fingerprint density at radius 2 is 1.66 bits per heavy atom. The van der Waals surface area contributed by atoms with Crippen molar-refractivity contribution in [2.45, 2.75) is 52.1 Å². The minimum Gasteiger partial charge on any atom is -0.352 e. The molecule has 192 valence electrons. The molecule has 2 rings (SSSR count). The molecule has 0 aliphatic carbocycles. The molecular weight excluding hydrogens is 476 g/mol. The van der Waals surface area contributed by atoms with Gasteiger partial charge in [0.15, 0.2) is 11.6 Å². The van der Waals surface area contributed by atoms with Gasteiger partial charge in [-0.3, -0.25) is 13.9 Å². The smallest absolute Gasteiger partial charge is 0.244 e. The van der Waals surface area contributed by atoms with E-state index in [-0.39, 0.29) is 24.2 Å². The Hall–Kier alpha value is -3.01. The van der Waals surface area contributed by atoms with E-state index in [0.29, 0.717) is 23.6 Å². The zero-order valence-corrected chi connectivity index (χ0v) is 21.3. The molecule has 0 aliphatic heterocycles. The van der Waals surface area contributed by atoms with Crippen LogP contribution in [0.2, 0.25) is 0 Å². The lowest BCUT2D eigenvalue weighted by Crippen LogP contribution is -2.54. The summed E-state index contributed by atoms with van der Waals surface area (Å²) in [6.07, 6.45) is 2.34. The van der Waals surface area contributed by atoms with E-state index in [9.17, 15) is 26.8 Å². The summed E-state index contributed by atoms with van der Waals surface area (Å²) in [5.74, 6) is -3.32. The van der Waals surface area contributed by atoms with Gasteiger partial charge in [0.2, 0.25) is 21.8 Å². The minimum atomic E-state index is -4.02. The Morgan fingerprint density at radius 3 is 2.20 bits per heavy atom. The minimum absolute atomic E-state index is 0.0997. The van der Waals surface area contributed by atoms with Crippen LogP contribution in [0.4, 0.5) is 14.5 Å². The van der Waals surface area contributed by atoms with Crippen LogP contribution in [0.1, 0.15) is 39.2 Å². The molecule has 2 aromatic carbocycles. The molecule has 0 aromatic heterocycles. The second-order valence-corrected chi connectivity index (χ2v) is 10.3. The fourth-order valence-corrected chi connectivity index (χ4v) is 4.43. The molecule has 0 bridgehead atoms. The largest absolute Gasteiger partial charge is 0.352 e. The van der Waals surface area contributed by atoms with E-state index in [1.165, 1.54) is 4.90 Å². The Morgan fingerprint density at radius 1 is 1.00 bits per heavy atom. The average molecular weight is 510 g/mol. The molecule has 0 saturated heterocycles. The van der Waals surface area contributed by atoms with Gasteiger partial charge in [-0.05, 0) is 43.9 Å². The molecule has 2 amide bonds. The number of nitrogens with zero attached hydrogens (tertiary/aromatic N) is 2. The highest BCUT2D eigenvalue weighted by atomic mass is 32.2. The van der Waals surface area contributed by atoms with E-state index >= 15 is 0 Å². The summed E-state index contributed by atoms with van der Waals surface area (Å²) in [6, 6.07) is 11.1. The van der Waals surface area contributed by atoms with Gasteiger partial charge in [0.25, 0.3) is 0 Å². The van der Waals surface area contributed by atoms with Gasteiger partial charge in [0.1, 0.15) is 12.6 Å². The van der Waals surface area contributed by atoms with Crippen LogP contribution >= 0.6 is 0 Å². The predicted molar refractivity (Wildman–Crippen MR) is 132 cm³/mol. The van der Waals surface area contributed by atoms with Gasteiger partial charge in [-0.2, -0.15) is 0 Å². The highest BCUT2D eigenvalue weighted by Crippen LogP contribution is 2.21. The third-order valence-electron chi connectivity index (χ3n) is 5.74. The molecule has 1 N–H and O–H groups in total. The van der Waals surface area contributed by atoms with Gasteiger partial charge in [0, 0.05) is 18.7 Å². The zero-order chi connectivity index (χ0) is 26.2. The lowest BCUT2D eigenvalue weighted by molar-refractivity contribution is -0.139. The molecule has 10 heteroatoms. The standard InChI is InChI=1S/C25H33F2N3O4S/c1-5-18(3)28-25(32)23(6-2)29(15-14-19-10-8-7-9-11-19)24(31)17-30(35(4,33)34)20-12-13-21(26)22(27)16-20/h7-13,16,18,23H,5-6,14-15,17H2,1-4H3,(H,28,32)/t18-,23-/m0/s1. The number of amides is 2. The number of anilines is 1. The van der Waals surface area contributed by atoms with Crippen molar-refractivity contribution in [3.05, 3.63) is 65.7 Å². The molecule has 0 fully saturated rings. The fraction of sp³-hybridized carbons (Fsp3) is 0.440. The number of rotatable bonds is 12. The van der Waals surface area contributed by atoms with Crippen LogP contribution in [0.5, 0.6) is 0 Å². The summed E-state index contributed by atoms with van der Waals surface area (Å²) in [6.45, 7) is 5.06. The van der Waals surface area contributed by atoms with Gasteiger partial charge in [-0.25, -0.2) is 17.2 Å². The first-order valence-corrected chi connectivity index (χ1v) is 13.4. The van der Waals surface area contributed by atoms with Crippen molar-refractivity contribution in [1.29, 1.82) is 0 Å². The van der Waals surface area contributed by atoms with Gasteiger partial charge >= 0.3 is 0 Å². The molecule has 0 aliphatic rings. The first-order chi connectivity index (χ1) is 16.5. The van der Waals surface area contributed by atoms with E-state index in [2.05, 4.69) is 5.32 Å². The summed E-state index contributed by atoms with van der Waals surface area (Å²) in [5, 5.41) is 2.89. The van der Waals surface area contributed by atoms with Crippen molar-refractivity contribution in [3.63, 3.8) is 0 Å². The normalized spacial score (nSPS) is 13.1. The van der Waals surface area contributed by atoms with Gasteiger partial charge in [-0.15, -0.1) is 0 Å². The molecule has 0 radical (unpaired) electrons. The van der Waals surface area contributed by atoms with Crippen LogP contribution in [0, 0.1) is 11.6 Å². The highest BCUT2D eigenvalue weighted by Gasteiger charge is 2.32. The van der Waals surface area contributed by atoms with Crippen molar-refractivity contribution in [2.75, 3.05) is 23.7 Å². The molecular formula is C25H33F2N3O4S. The maximum Gasteiger partial charge on any atom is 0.244 e. The fourth-order valence-electron chi connectivity index (χ4n) is 3.59. The van der Waals surface area contributed by atoms with Crippen molar-refractivity contribution in [3.8, 4) is 0 Å². The molecule has 35 heavy (non-hydrogen) atoms. The summed E-state index contributed by atoms with van der Waals surface area (Å²) >= 11 is 0. The second-order valence-electron chi connectivity index (χ2n) is 8.43. The van der Waals surface area contributed by atoms with Crippen LogP contribution in [0.25, 0.3) is 0 Å². The molecule has 0 heterocycles. The number of sulfonamides is 1. The van der Waals surface area contributed by atoms with Crippen LogP contribution < -0.4 is 9.62 Å². The quantitative estimate of drug-likeness (QED) is 0.475. The Bertz CT molecular complexity index is 1110. The van der Waals surface area contributed by atoms with Gasteiger partial charge in [0.05, 0.1) is 11.9 Å². The third-order valence-corrected chi connectivity index (χ3v) is 6.88. The number of nitrogens with one attached hydrogen (secondary N) is 1. The first kappa shape index (κ1) is 28.2. The molecule has 7 nitrogen and oxygen atoms in total. The molecule has 0 spiro atoms. The zero-order valence-electron chi connectivity index (χ0n) is 20.5. The SMILES string of the molecule is CC[C@H](C)NC(=O)[C@H](CC)N(CCc1ccccc1)C(=O)CN(c1ccc(F)c(F)c1)S(C)(=O)=O. The summed E-state index contributed by atoms with van der Waals surface area (Å²) in [4.78, 5) is 27.9. The first-order valence-electron chi connectivity index (χ1n) is 11.5. The Kier molecular flexibility index (Phi) is 10.2. The molecule has 0 saturated carbocycles. The van der Waals surface area contributed by atoms with Crippen molar-refractivity contribution in [1.82, 2.24) is 10.2 Å². The van der Waals surface area contributed by atoms with E-state index in [1.807, 2.05) is 44.2 Å². The number of benzene rings is 2. The van der Waals surface area contributed by atoms with Crippen molar-refractivity contribution >= 4 is 27.5 Å². The Labute approximate surface area is 206 Å². The number of hydrogen-bond acceptors (Lipinski definition) is 4. The number of carbonyl (C=O) groups excluding carboxylic acids is 2. The number of carbonyl (C=O) groups is 2. The molecule has 2 atom stereocenters. The highest BCUT2D eigenvalue weighted by molar-refractivity contribution is 7.92.